The van der Waals surface area contributed by atoms with Gasteiger partial charge in [0, 0.05) is 37.7 Å². The summed E-state index contributed by atoms with van der Waals surface area (Å²) in [6.45, 7) is 3.08. The SMILES string of the molecule is O=C(OC1CCCCC1)N1CCN([C@H]2c3ccccc3CCc3cc(CBr)cnc32)CC1. The van der Waals surface area contributed by atoms with Crippen molar-refractivity contribution < 1.29 is 9.53 Å². The number of rotatable bonds is 3. The molecule has 0 spiro atoms. The molecule has 2 fully saturated rings. The number of aromatic nitrogens is 1. The minimum Gasteiger partial charge on any atom is -0.446 e. The molecule has 2 aromatic rings. The van der Waals surface area contributed by atoms with Crippen LogP contribution in [0, 0.1) is 0 Å². The van der Waals surface area contributed by atoms with Crippen LogP contribution in [0.2, 0.25) is 0 Å². The molecule has 5 nitrogen and oxygen atoms in total. The van der Waals surface area contributed by atoms with E-state index in [1.807, 2.05) is 11.1 Å². The molecule has 5 rings (SSSR count). The van der Waals surface area contributed by atoms with Crippen molar-refractivity contribution in [2.24, 2.45) is 0 Å². The largest absolute Gasteiger partial charge is 0.446 e. The monoisotopic (exact) mass is 497 g/mol. The number of halogens is 1. The molecule has 32 heavy (non-hydrogen) atoms. The average molecular weight is 498 g/mol. The Morgan fingerprint density at radius 3 is 2.56 bits per heavy atom. The summed E-state index contributed by atoms with van der Waals surface area (Å²) in [7, 11) is 0. The molecule has 0 unspecified atom stereocenters. The standard InChI is InChI=1S/C26H32BrN3O2/c27-17-19-16-21-11-10-20-6-4-5-9-23(20)25(24(21)28-18-19)29-12-14-30(15-13-29)26(31)32-22-7-2-1-3-8-22/h4-6,9,16,18,22,25H,1-3,7-8,10-15,17H2/t25-/m0/s1. The summed E-state index contributed by atoms with van der Waals surface area (Å²) in [6.07, 6.45) is 9.71. The van der Waals surface area contributed by atoms with Crippen LogP contribution in [0.3, 0.4) is 0 Å². The van der Waals surface area contributed by atoms with Crippen LogP contribution in [0.4, 0.5) is 4.79 Å². The predicted octanol–water partition coefficient (Wildman–Crippen LogP) is 5.25. The molecular formula is C26H32BrN3O2. The minimum absolute atomic E-state index is 0.114. The Hall–Kier alpha value is -1.92. The van der Waals surface area contributed by atoms with E-state index in [2.05, 4.69) is 51.2 Å². The Morgan fingerprint density at radius 2 is 1.78 bits per heavy atom. The Balaban J connectivity index is 1.34. The second-order valence-corrected chi connectivity index (χ2v) is 9.85. The number of hydrogen-bond acceptors (Lipinski definition) is 4. The predicted molar refractivity (Wildman–Crippen MR) is 129 cm³/mol. The van der Waals surface area contributed by atoms with Crippen molar-refractivity contribution in [1.82, 2.24) is 14.8 Å². The van der Waals surface area contributed by atoms with E-state index >= 15 is 0 Å². The number of ether oxygens (including phenoxy) is 1. The van der Waals surface area contributed by atoms with Gasteiger partial charge in [0.05, 0.1) is 11.7 Å². The van der Waals surface area contributed by atoms with E-state index < -0.39 is 0 Å². The minimum atomic E-state index is -0.127. The Labute approximate surface area is 199 Å². The second-order valence-electron chi connectivity index (χ2n) is 9.29. The van der Waals surface area contributed by atoms with Gasteiger partial charge < -0.3 is 9.64 Å². The van der Waals surface area contributed by atoms with Gasteiger partial charge in [0.2, 0.25) is 0 Å². The van der Waals surface area contributed by atoms with Crippen molar-refractivity contribution >= 4 is 22.0 Å². The number of nitrogens with zero attached hydrogens (tertiary/aromatic N) is 3. The maximum absolute atomic E-state index is 12.7. The van der Waals surface area contributed by atoms with Gasteiger partial charge in [-0.2, -0.15) is 0 Å². The van der Waals surface area contributed by atoms with E-state index in [0.29, 0.717) is 13.1 Å². The molecule has 1 atom stereocenters. The summed E-state index contributed by atoms with van der Waals surface area (Å²) in [5.74, 6) is 0. The number of hydrogen-bond donors (Lipinski definition) is 0. The highest BCUT2D eigenvalue weighted by molar-refractivity contribution is 9.08. The van der Waals surface area contributed by atoms with Crippen molar-refractivity contribution in [3.63, 3.8) is 0 Å². The first-order valence-corrected chi connectivity index (χ1v) is 13.2. The van der Waals surface area contributed by atoms with E-state index in [4.69, 9.17) is 9.72 Å². The number of carbonyl (C=O) groups excluding carboxylic acids is 1. The first kappa shape index (κ1) is 21.9. The lowest BCUT2D eigenvalue weighted by molar-refractivity contribution is 0.0292. The molecule has 170 valence electrons. The zero-order chi connectivity index (χ0) is 21.9. The van der Waals surface area contributed by atoms with Crippen LogP contribution < -0.4 is 0 Å². The number of fused-ring (bicyclic) bond motifs is 2. The molecule has 0 bridgehead atoms. The van der Waals surface area contributed by atoms with Crippen molar-refractivity contribution in [2.75, 3.05) is 26.2 Å². The van der Waals surface area contributed by atoms with Gasteiger partial charge in [0.25, 0.3) is 0 Å². The van der Waals surface area contributed by atoms with Gasteiger partial charge in [-0.3, -0.25) is 9.88 Å². The smallest absolute Gasteiger partial charge is 0.410 e. The third-order valence-electron chi connectivity index (χ3n) is 7.24. The summed E-state index contributed by atoms with van der Waals surface area (Å²) >= 11 is 3.58. The lowest BCUT2D eigenvalue weighted by Gasteiger charge is -2.39. The zero-order valence-corrected chi connectivity index (χ0v) is 20.2. The number of piperazine rings is 1. The van der Waals surface area contributed by atoms with Gasteiger partial charge in [0.1, 0.15) is 6.10 Å². The maximum Gasteiger partial charge on any atom is 0.410 e. The summed E-state index contributed by atoms with van der Waals surface area (Å²) in [4.78, 5) is 22.1. The topological polar surface area (TPSA) is 45.7 Å². The van der Waals surface area contributed by atoms with Crippen LogP contribution in [-0.2, 0) is 22.9 Å². The highest BCUT2D eigenvalue weighted by atomic mass is 79.9. The fourth-order valence-electron chi connectivity index (χ4n) is 5.47. The van der Waals surface area contributed by atoms with Gasteiger partial charge in [0.15, 0.2) is 0 Å². The van der Waals surface area contributed by atoms with Crippen molar-refractivity contribution in [3.05, 3.63) is 64.5 Å². The third kappa shape index (κ3) is 4.58. The molecule has 0 radical (unpaired) electrons. The van der Waals surface area contributed by atoms with Gasteiger partial charge in [-0.25, -0.2) is 4.79 Å². The zero-order valence-electron chi connectivity index (χ0n) is 18.6. The average Bonchev–Trinajstić information content (AvgIpc) is 3.01. The van der Waals surface area contributed by atoms with Crippen LogP contribution in [0.5, 0.6) is 0 Å². The fourth-order valence-corrected chi connectivity index (χ4v) is 5.77. The van der Waals surface area contributed by atoms with E-state index in [1.54, 1.807) is 0 Å². The van der Waals surface area contributed by atoms with Crippen LogP contribution in [0.25, 0.3) is 0 Å². The molecule has 1 saturated carbocycles. The van der Waals surface area contributed by atoms with Crippen LogP contribution in [0.1, 0.15) is 66.1 Å². The van der Waals surface area contributed by atoms with Crippen molar-refractivity contribution in [2.45, 2.75) is 62.4 Å². The maximum atomic E-state index is 12.7. The van der Waals surface area contributed by atoms with Gasteiger partial charge in [-0.05, 0) is 60.8 Å². The van der Waals surface area contributed by atoms with E-state index in [0.717, 1.165) is 44.1 Å². The molecule has 1 aliphatic heterocycles. The Morgan fingerprint density at radius 1 is 1.03 bits per heavy atom. The van der Waals surface area contributed by atoms with E-state index in [1.165, 1.54) is 47.2 Å². The lowest BCUT2D eigenvalue weighted by Crippen LogP contribution is -2.50. The second kappa shape index (κ2) is 9.92. The molecule has 0 N–H and O–H groups in total. The number of aryl methyl sites for hydroxylation is 2. The van der Waals surface area contributed by atoms with Gasteiger partial charge >= 0.3 is 6.09 Å². The van der Waals surface area contributed by atoms with Crippen LogP contribution in [0.15, 0.2) is 36.5 Å². The molecular weight excluding hydrogens is 466 g/mol. The summed E-state index contributed by atoms with van der Waals surface area (Å²) in [5.41, 5.74) is 6.53. The van der Waals surface area contributed by atoms with Gasteiger partial charge in [-0.1, -0.05) is 52.7 Å². The third-order valence-corrected chi connectivity index (χ3v) is 7.89. The first-order chi connectivity index (χ1) is 15.7. The van der Waals surface area contributed by atoms with E-state index in [9.17, 15) is 4.79 Å². The quantitative estimate of drug-likeness (QED) is 0.543. The number of alkyl halides is 1. The molecule has 1 aromatic heterocycles. The van der Waals surface area contributed by atoms with E-state index in [-0.39, 0.29) is 18.2 Å². The molecule has 1 amide bonds. The normalized spacial score (nSPS) is 22.0. The Bertz CT molecular complexity index is 952. The molecule has 3 aliphatic rings. The highest BCUT2D eigenvalue weighted by Gasteiger charge is 2.34. The summed E-state index contributed by atoms with van der Waals surface area (Å²) in [6, 6.07) is 11.3. The number of pyridine rings is 1. The van der Waals surface area contributed by atoms with Crippen LogP contribution in [-0.4, -0.2) is 53.2 Å². The Kier molecular flexibility index (Phi) is 6.79. The van der Waals surface area contributed by atoms with Gasteiger partial charge in [-0.15, -0.1) is 0 Å². The molecule has 1 saturated heterocycles. The number of carbonyl (C=O) groups is 1. The molecule has 6 heteroatoms. The highest BCUT2D eigenvalue weighted by Crippen LogP contribution is 2.36. The fraction of sp³-hybridized carbons (Fsp3) is 0.538. The molecule has 2 aliphatic carbocycles. The lowest BCUT2D eigenvalue weighted by atomic mass is 9.96. The molecule has 2 heterocycles. The van der Waals surface area contributed by atoms with Crippen molar-refractivity contribution in [1.29, 1.82) is 0 Å². The van der Waals surface area contributed by atoms with Crippen molar-refractivity contribution in [3.8, 4) is 0 Å². The summed E-state index contributed by atoms with van der Waals surface area (Å²) in [5, 5.41) is 0.826. The summed E-state index contributed by atoms with van der Waals surface area (Å²) < 4.78 is 5.82. The number of benzene rings is 1. The molecule has 1 aromatic carbocycles. The first-order valence-electron chi connectivity index (χ1n) is 12.0. The van der Waals surface area contributed by atoms with Crippen LogP contribution >= 0.6 is 15.9 Å². The number of amides is 1.